The molecule has 0 amide bonds. The van der Waals surface area contributed by atoms with Gasteiger partial charge >= 0.3 is 0 Å². The van der Waals surface area contributed by atoms with Crippen molar-refractivity contribution in [1.29, 1.82) is 0 Å². The Kier molecular flexibility index (Phi) is 5.14. The van der Waals surface area contributed by atoms with E-state index in [1.54, 1.807) is 13.8 Å². The molecule has 0 aromatic heterocycles. The van der Waals surface area contributed by atoms with E-state index in [9.17, 15) is 16.8 Å². The van der Waals surface area contributed by atoms with Crippen molar-refractivity contribution in [2.24, 2.45) is 5.14 Å². The van der Waals surface area contributed by atoms with Crippen molar-refractivity contribution < 1.29 is 16.8 Å². The summed E-state index contributed by atoms with van der Waals surface area (Å²) in [5.41, 5.74) is 0. The first kappa shape index (κ1) is 14.8. The topological polar surface area (TPSA) is 110 Å². The average Bonchev–Trinajstić information content (AvgIpc) is 1.99. The van der Waals surface area contributed by atoms with Gasteiger partial charge in [-0.3, -0.25) is 0 Å². The van der Waals surface area contributed by atoms with E-state index >= 15 is 0 Å². The van der Waals surface area contributed by atoms with Gasteiger partial charge in [-0.05, 0) is 13.8 Å². The summed E-state index contributed by atoms with van der Waals surface area (Å²) in [6.07, 6.45) is 0. The largest absolute Gasteiger partial charge is 0.279 e. The summed E-state index contributed by atoms with van der Waals surface area (Å²) in [6, 6.07) is -0.197. The van der Waals surface area contributed by atoms with Gasteiger partial charge in [-0.2, -0.15) is 12.7 Å². The van der Waals surface area contributed by atoms with Gasteiger partial charge in [0.05, 0.1) is 5.75 Å². The molecule has 0 heterocycles. The van der Waals surface area contributed by atoms with E-state index in [0.717, 1.165) is 4.31 Å². The zero-order valence-electron chi connectivity index (χ0n) is 8.97. The molecule has 0 saturated heterocycles. The van der Waals surface area contributed by atoms with Gasteiger partial charge in [0.2, 0.25) is 10.0 Å². The fraction of sp³-hybridized carbons (Fsp3) is 1.00. The van der Waals surface area contributed by atoms with Crippen LogP contribution in [-0.2, 0) is 20.2 Å². The predicted octanol–water partition coefficient (Wildman–Crippen LogP) is -1.55. The molecule has 0 radical (unpaired) electrons. The number of sulfonamides is 1. The first-order valence-electron chi connectivity index (χ1n) is 4.29. The number of nitrogens with zero attached hydrogens (tertiary/aromatic N) is 1. The smallest absolute Gasteiger partial charge is 0.229 e. The highest BCUT2D eigenvalue weighted by Crippen LogP contribution is 1.99. The molecule has 0 fully saturated rings. The number of nitrogens with one attached hydrogen (secondary N) is 1. The molecule has 0 bridgehead atoms. The van der Waals surface area contributed by atoms with Crippen LogP contribution in [0.2, 0.25) is 0 Å². The van der Waals surface area contributed by atoms with Crippen molar-refractivity contribution in [1.82, 2.24) is 9.03 Å². The third kappa shape index (κ3) is 6.05. The number of hydrogen-bond acceptors (Lipinski definition) is 4. The summed E-state index contributed by atoms with van der Waals surface area (Å²) < 4.78 is 47.2. The number of hydrogen-bond donors (Lipinski definition) is 2. The second-order valence-electron chi connectivity index (χ2n) is 3.38. The molecular formula is C6H17N3O4S2. The highest BCUT2D eigenvalue weighted by Gasteiger charge is 2.19. The Balaban J connectivity index is 4.30. The summed E-state index contributed by atoms with van der Waals surface area (Å²) >= 11 is 0. The maximum atomic E-state index is 11.4. The minimum Gasteiger partial charge on any atom is -0.229 e. The minimum absolute atomic E-state index is 0.197. The lowest BCUT2D eigenvalue weighted by atomic mass is 10.4. The van der Waals surface area contributed by atoms with Crippen LogP contribution in [-0.4, -0.2) is 46.5 Å². The van der Waals surface area contributed by atoms with E-state index in [-0.39, 0.29) is 12.6 Å². The molecule has 0 atom stereocenters. The quantitative estimate of drug-likeness (QED) is 0.601. The molecule has 0 rings (SSSR count). The summed E-state index contributed by atoms with van der Waals surface area (Å²) in [5.74, 6) is -0.418. The van der Waals surface area contributed by atoms with Gasteiger partial charge < -0.3 is 0 Å². The average molecular weight is 259 g/mol. The summed E-state index contributed by atoms with van der Waals surface area (Å²) in [7, 11) is -5.85. The molecule has 9 heteroatoms. The molecule has 92 valence electrons. The first-order chi connectivity index (χ1) is 6.56. The molecule has 0 saturated carbocycles. The molecule has 0 unspecified atom stereocenters. The number of rotatable bonds is 6. The Morgan fingerprint density at radius 2 is 1.73 bits per heavy atom. The van der Waals surface area contributed by atoms with Gasteiger partial charge in [-0.25, -0.2) is 18.3 Å². The van der Waals surface area contributed by atoms with E-state index in [4.69, 9.17) is 5.14 Å². The Morgan fingerprint density at radius 1 is 1.27 bits per heavy atom. The van der Waals surface area contributed by atoms with Gasteiger partial charge in [-0.15, -0.1) is 0 Å². The number of primary sulfonamides is 1. The Hall–Kier alpha value is -0.220. The summed E-state index contributed by atoms with van der Waals surface area (Å²) in [6.45, 7) is 3.19. The zero-order chi connectivity index (χ0) is 12.3. The van der Waals surface area contributed by atoms with Crippen LogP contribution in [0.4, 0.5) is 0 Å². The molecule has 0 aliphatic rings. The van der Waals surface area contributed by atoms with Crippen LogP contribution < -0.4 is 9.86 Å². The standard InChI is InChI=1S/C6H17N3O4S2/c1-6(2)9(3)15(12,13)8-4-5-14(7,10)11/h6,8H,4-5H2,1-3H3,(H2,7,10,11). The van der Waals surface area contributed by atoms with Crippen LogP contribution in [0.25, 0.3) is 0 Å². The summed E-state index contributed by atoms with van der Waals surface area (Å²) in [5, 5.41) is 4.72. The highest BCUT2D eigenvalue weighted by atomic mass is 32.2. The van der Waals surface area contributed by atoms with Crippen molar-refractivity contribution in [3.8, 4) is 0 Å². The minimum atomic E-state index is -3.64. The van der Waals surface area contributed by atoms with Crippen molar-refractivity contribution in [3.05, 3.63) is 0 Å². The summed E-state index contributed by atoms with van der Waals surface area (Å²) in [4.78, 5) is 0. The molecule has 0 aromatic rings. The van der Waals surface area contributed by atoms with Crippen molar-refractivity contribution >= 4 is 20.2 Å². The van der Waals surface area contributed by atoms with Gasteiger partial charge in [0.15, 0.2) is 0 Å². The molecule has 15 heavy (non-hydrogen) atoms. The molecule has 0 aromatic carbocycles. The van der Waals surface area contributed by atoms with Crippen LogP contribution in [0.15, 0.2) is 0 Å². The first-order valence-corrected chi connectivity index (χ1v) is 7.45. The molecule has 0 aliphatic carbocycles. The molecule has 7 nitrogen and oxygen atoms in total. The molecule has 0 spiro atoms. The van der Waals surface area contributed by atoms with E-state index in [0.29, 0.717) is 0 Å². The van der Waals surface area contributed by atoms with Crippen molar-refractivity contribution in [3.63, 3.8) is 0 Å². The Morgan fingerprint density at radius 3 is 2.07 bits per heavy atom. The van der Waals surface area contributed by atoms with Gasteiger partial charge in [0.1, 0.15) is 0 Å². The van der Waals surface area contributed by atoms with Crippen LogP contribution in [0.1, 0.15) is 13.8 Å². The predicted molar refractivity (Wildman–Crippen MR) is 57.8 cm³/mol. The van der Waals surface area contributed by atoms with Crippen LogP contribution in [0, 0.1) is 0 Å². The molecule has 3 N–H and O–H groups in total. The van der Waals surface area contributed by atoms with E-state index in [1.165, 1.54) is 7.05 Å². The zero-order valence-corrected chi connectivity index (χ0v) is 10.6. The second kappa shape index (κ2) is 5.21. The SMILES string of the molecule is CC(C)N(C)S(=O)(=O)NCCS(N)(=O)=O. The fourth-order valence-corrected chi connectivity index (χ4v) is 2.33. The van der Waals surface area contributed by atoms with Crippen LogP contribution in [0.3, 0.4) is 0 Å². The fourth-order valence-electron chi connectivity index (χ4n) is 0.692. The lowest BCUT2D eigenvalue weighted by Gasteiger charge is -2.20. The second-order valence-corrected chi connectivity index (χ2v) is 6.93. The molecular weight excluding hydrogens is 242 g/mol. The maximum Gasteiger partial charge on any atom is 0.279 e. The van der Waals surface area contributed by atoms with Gasteiger partial charge in [0, 0.05) is 19.6 Å². The Labute approximate surface area is 90.9 Å². The normalized spacial score (nSPS) is 13.7. The lowest BCUT2D eigenvalue weighted by molar-refractivity contribution is 0.403. The van der Waals surface area contributed by atoms with E-state index in [2.05, 4.69) is 4.72 Å². The van der Waals surface area contributed by atoms with Gasteiger partial charge in [-0.1, -0.05) is 0 Å². The molecule has 0 aliphatic heterocycles. The van der Waals surface area contributed by atoms with Crippen LogP contribution >= 0.6 is 0 Å². The third-order valence-corrected chi connectivity index (χ3v) is 4.30. The Bertz CT molecular complexity index is 387. The van der Waals surface area contributed by atoms with Crippen molar-refractivity contribution in [2.75, 3.05) is 19.3 Å². The monoisotopic (exact) mass is 259 g/mol. The lowest BCUT2D eigenvalue weighted by Crippen LogP contribution is -2.43. The van der Waals surface area contributed by atoms with E-state index in [1.807, 2.05) is 0 Å². The van der Waals surface area contributed by atoms with Gasteiger partial charge in [0.25, 0.3) is 10.2 Å². The highest BCUT2D eigenvalue weighted by molar-refractivity contribution is 7.89. The van der Waals surface area contributed by atoms with E-state index < -0.39 is 26.0 Å². The number of nitrogens with two attached hydrogens (primary N) is 1. The van der Waals surface area contributed by atoms with Crippen molar-refractivity contribution in [2.45, 2.75) is 19.9 Å². The third-order valence-electron chi connectivity index (χ3n) is 1.78. The maximum absolute atomic E-state index is 11.4. The van der Waals surface area contributed by atoms with Crippen LogP contribution in [0.5, 0.6) is 0 Å².